The molecule has 0 saturated heterocycles. The molecule has 0 bridgehead atoms. The van der Waals surface area contributed by atoms with Gasteiger partial charge < -0.3 is 20.4 Å². The summed E-state index contributed by atoms with van der Waals surface area (Å²) >= 11 is 0. The lowest BCUT2D eigenvalue weighted by atomic mass is 10.5. The Balaban J connectivity index is 0. The first-order valence-electron chi connectivity index (χ1n) is 4.30. The average molecular weight is 232 g/mol. The van der Waals surface area contributed by atoms with Crippen LogP contribution in [0.1, 0.15) is 0 Å². The highest BCUT2D eigenvalue weighted by atomic mass is 16.4. The van der Waals surface area contributed by atoms with Crippen molar-refractivity contribution in [3.05, 3.63) is 12.2 Å². The van der Waals surface area contributed by atoms with Crippen molar-refractivity contribution in [2.24, 2.45) is 0 Å². The summed E-state index contributed by atoms with van der Waals surface area (Å²) in [6.45, 7) is 0.424. The molecule has 0 aliphatic heterocycles. The molecular weight excluding hydrogens is 216 g/mol. The Kier molecular flexibility index (Phi) is 9.98. The number of carbonyl (C=O) groups is 3. The molecule has 0 aliphatic carbocycles. The predicted octanol–water partition coefficient (Wildman–Crippen LogP) is -0.994. The van der Waals surface area contributed by atoms with Gasteiger partial charge in [-0.15, -0.1) is 0 Å². The molecule has 0 spiro atoms. The molecule has 3 N–H and O–H groups in total. The van der Waals surface area contributed by atoms with Crippen LogP contribution in [-0.2, 0) is 14.4 Å². The van der Waals surface area contributed by atoms with E-state index >= 15 is 0 Å². The summed E-state index contributed by atoms with van der Waals surface area (Å²) in [6.07, 6.45) is 1.12. The number of hydrogen-bond acceptors (Lipinski definition) is 4. The molecular formula is C9H16N2O5. The van der Waals surface area contributed by atoms with E-state index in [4.69, 9.17) is 10.2 Å². The van der Waals surface area contributed by atoms with Gasteiger partial charge in [-0.05, 0) is 7.05 Å². The van der Waals surface area contributed by atoms with Crippen molar-refractivity contribution < 1.29 is 24.6 Å². The van der Waals surface area contributed by atoms with Crippen LogP contribution >= 0.6 is 0 Å². The molecule has 0 aliphatic rings. The van der Waals surface area contributed by atoms with Crippen LogP contribution in [0.3, 0.4) is 0 Å². The lowest BCUT2D eigenvalue weighted by molar-refractivity contribution is -0.134. The Morgan fingerprint density at radius 2 is 1.50 bits per heavy atom. The molecule has 1 amide bonds. The second-order valence-electron chi connectivity index (χ2n) is 2.83. The van der Waals surface area contributed by atoms with Crippen molar-refractivity contribution in [1.29, 1.82) is 0 Å². The zero-order chi connectivity index (χ0) is 13.1. The fourth-order valence-corrected chi connectivity index (χ4v) is 0.452. The van der Waals surface area contributed by atoms with E-state index in [-0.39, 0.29) is 5.91 Å². The molecule has 92 valence electrons. The number of amides is 1. The van der Waals surface area contributed by atoms with Crippen molar-refractivity contribution in [3.63, 3.8) is 0 Å². The van der Waals surface area contributed by atoms with Crippen LogP contribution in [0, 0.1) is 0 Å². The Morgan fingerprint density at radius 1 is 1.12 bits per heavy atom. The second kappa shape index (κ2) is 9.66. The number of rotatable bonds is 4. The summed E-state index contributed by atoms with van der Waals surface area (Å²) in [4.78, 5) is 31.3. The van der Waals surface area contributed by atoms with Crippen LogP contribution < -0.4 is 5.32 Å². The second-order valence-corrected chi connectivity index (χ2v) is 2.83. The fraction of sp³-hybridized carbons (Fsp3) is 0.444. The van der Waals surface area contributed by atoms with Crippen LogP contribution in [0.5, 0.6) is 0 Å². The molecule has 7 nitrogen and oxygen atoms in total. The first kappa shape index (κ1) is 16.5. The Morgan fingerprint density at radius 3 is 1.62 bits per heavy atom. The molecule has 0 aromatic rings. The molecule has 7 heteroatoms. The van der Waals surface area contributed by atoms with E-state index in [1.54, 1.807) is 26.0 Å². The highest BCUT2D eigenvalue weighted by Crippen LogP contribution is 1.72. The third-order valence-electron chi connectivity index (χ3n) is 1.20. The third-order valence-corrected chi connectivity index (χ3v) is 1.20. The Hall–Kier alpha value is -1.89. The van der Waals surface area contributed by atoms with Gasteiger partial charge in [0, 0.05) is 26.2 Å². The first-order valence-corrected chi connectivity index (χ1v) is 4.30. The standard InChI is InChI=1S/C5H12N2O.C4H4O4/c1-6-4-5(8)7(2)3;5-3(6)1-2-4(7)8/h6H,4H2,1-3H3;1-2H,(H,5,6)(H,7,8). The minimum atomic E-state index is -1.26. The van der Waals surface area contributed by atoms with Gasteiger partial charge in [-0.2, -0.15) is 0 Å². The number of hydrogen-bond donors (Lipinski definition) is 3. The maximum Gasteiger partial charge on any atom is 0.328 e. The smallest absolute Gasteiger partial charge is 0.328 e. The summed E-state index contributed by atoms with van der Waals surface area (Å²) in [5.41, 5.74) is 0. The minimum Gasteiger partial charge on any atom is -0.478 e. The summed E-state index contributed by atoms with van der Waals surface area (Å²) in [5.74, 6) is -2.41. The number of carboxylic acids is 2. The number of aliphatic carboxylic acids is 2. The Bertz CT molecular complexity index is 257. The van der Waals surface area contributed by atoms with Crippen molar-refractivity contribution in [1.82, 2.24) is 10.2 Å². The quantitative estimate of drug-likeness (QED) is 0.537. The fourth-order valence-electron chi connectivity index (χ4n) is 0.452. The van der Waals surface area contributed by atoms with Gasteiger partial charge in [-0.3, -0.25) is 4.79 Å². The van der Waals surface area contributed by atoms with E-state index < -0.39 is 11.9 Å². The maximum atomic E-state index is 10.6. The molecule has 0 atom stereocenters. The van der Waals surface area contributed by atoms with Gasteiger partial charge in [0.1, 0.15) is 0 Å². The van der Waals surface area contributed by atoms with Crippen LogP contribution in [0.15, 0.2) is 12.2 Å². The van der Waals surface area contributed by atoms with Crippen molar-refractivity contribution in [2.75, 3.05) is 27.7 Å². The summed E-state index contributed by atoms with van der Waals surface area (Å²) in [5, 5.41) is 18.4. The molecule has 0 heterocycles. The van der Waals surface area contributed by atoms with E-state index in [9.17, 15) is 14.4 Å². The SMILES string of the molecule is CNCC(=O)N(C)C.O=C(O)C=CC(=O)O. The van der Waals surface area contributed by atoms with Crippen LogP contribution in [0.4, 0.5) is 0 Å². The van der Waals surface area contributed by atoms with Gasteiger partial charge in [-0.1, -0.05) is 0 Å². The average Bonchev–Trinajstić information content (AvgIpc) is 2.16. The van der Waals surface area contributed by atoms with E-state index in [0.717, 1.165) is 0 Å². The number of carbonyl (C=O) groups excluding carboxylic acids is 1. The van der Waals surface area contributed by atoms with Gasteiger partial charge >= 0.3 is 11.9 Å². The van der Waals surface area contributed by atoms with Crippen LogP contribution in [-0.4, -0.2) is 60.6 Å². The Labute approximate surface area is 93.4 Å². The third kappa shape index (κ3) is 14.6. The first-order chi connectivity index (χ1) is 7.31. The number of nitrogens with zero attached hydrogens (tertiary/aromatic N) is 1. The van der Waals surface area contributed by atoms with Gasteiger partial charge in [0.05, 0.1) is 6.54 Å². The summed E-state index contributed by atoms with van der Waals surface area (Å²) in [6, 6.07) is 0. The van der Waals surface area contributed by atoms with Crippen LogP contribution in [0.2, 0.25) is 0 Å². The van der Waals surface area contributed by atoms with E-state index in [0.29, 0.717) is 18.7 Å². The zero-order valence-electron chi connectivity index (χ0n) is 9.43. The lowest BCUT2D eigenvalue weighted by Gasteiger charge is -2.07. The van der Waals surface area contributed by atoms with Crippen LogP contribution in [0.25, 0.3) is 0 Å². The largest absolute Gasteiger partial charge is 0.478 e. The zero-order valence-corrected chi connectivity index (χ0v) is 9.43. The lowest BCUT2D eigenvalue weighted by Crippen LogP contribution is -2.30. The van der Waals surface area contributed by atoms with Gasteiger partial charge in [0.15, 0.2) is 0 Å². The van der Waals surface area contributed by atoms with Crippen molar-refractivity contribution in [2.45, 2.75) is 0 Å². The number of nitrogens with one attached hydrogen (secondary N) is 1. The van der Waals surface area contributed by atoms with Gasteiger partial charge in [0.25, 0.3) is 0 Å². The molecule has 0 saturated carbocycles. The van der Waals surface area contributed by atoms with E-state index in [1.165, 1.54) is 0 Å². The van der Waals surface area contributed by atoms with Crippen molar-refractivity contribution in [3.8, 4) is 0 Å². The molecule has 0 aromatic heterocycles. The molecule has 0 fully saturated rings. The van der Waals surface area contributed by atoms with E-state index in [1.807, 2.05) is 0 Å². The highest BCUT2D eigenvalue weighted by molar-refractivity contribution is 5.89. The topological polar surface area (TPSA) is 107 Å². The van der Waals surface area contributed by atoms with E-state index in [2.05, 4.69) is 5.32 Å². The monoisotopic (exact) mass is 232 g/mol. The maximum absolute atomic E-state index is 10.6. The highest BCUT2D eigenvalue weighted by Gasteiger charge is 1.98. The van der Waals surface area contributed by atoms with Crippen molar-refractivity contribution >= 4 is 17.8 Å². The molecule has 0 rings (SSSR count). The van der Waals surface area contributed by atoms with Gasteiger partial charge in [0.2, 0.25) is 5.91 Å². The molecule has 0 radical (unpaired) electrons. The summed E-state index contributed by atoms with van der Waals surface area (Å²) in [7, 11) is 5.22. The molecule has 0 aromatic carbocycles. The number of carboxylic acid groups (broad SMARTS) is 2. The normalized spacial score (nSPS) is 9.19. The summed E-state index contributed by atoms with van der Waals surface area (Å²) < 4.78 is 0. The molecule has 16 heavy (non-hydrogen) atoms. The number of likely N-dealkylation sites (N-methyl/N-ethyl adjacent to an activating group) is 2. The minimum absolute atomic E-state index is 0.104. The predicted molar refractivity (Wildman–Crippen MR) is 57.0 cm³/mol. The molecule has 0 unspecified atom stereocenters. The van der Waals surface area contributed by atoms with Gasteiger partial charge in [-0.25, -0.2) is 9.59 Å².